The number of H-pyrrole nitrogens is 2. The van der Waals surface area contributed by atoms with Gasteiger partial charge < -0.3 is 4.98 Å². The molecule has 0 aliphatic carbocycles. The fourth-order valence-electron chi connectivity index (χ4n) is 2.08. The summed E-state index contributed by atoms with van der Waals surface area (Å²) in [6, 6.07) is 3.73. The Balaban J connectivity index is 0.000000141. The Hall–Kier alpha value is -1.74. The lowest BCUT2D eigenvalue weighted by atomic mass is 10.4. The highest BCUT2D eigenvalue weighted by Gasteiger charge is 2.07. The number of aryl methyl sites for hydroxylation is 2. The van der Waals surface area contributed by atoms with Gasteiger partial charge in [-0.3, -0.25) is 9.78 Å². The summed E-state index contributed by atoms with van der Waals surface area (Å²) in [5.41, 5.74) is 0.672. The maximum absolute atomic E-state index is 11.1. The van der Waals surface area contributed by atoms with Crippen molar-refractivity contribution in [2.75, 3.05) is 0 Å². The molecule has 0 atom stereocenters. The Labute approximate surface area is 153 Å². The normalized spacial score (nSPS) is 10.8. The van der Waals surface area contributed by atoms with Gasteiger partial charge in [0.05, 0.1) is 15.7 Å². The molecule has 4 aromatic rings. The van der Waals surface area contributed by atoms with Crippen LogP contribution in [0.25, 0.3) is 20.4 Å². The lowest BCUT2D eigenvalue weighted by Gasteiger charge is -1.91. The van der Waals surface area contributed by atoms with Gasteiger partial charge >= 0.3 is 5.69 Å². The van der Waals surface area contributed by atoms with Crippen LogP contribution in [0.3, 0.4) is 0 Å². The molecule has 0 spiro atoms. The minimum Gasteiger partial charge on any atom is -0.306 e. The summed E-state index contributed by atoms with van der Waals surface area (Å²) in [6.45, 7) is 3.89. The molecular formula is C14H10Cl2N4O2S2. The first-order chi connectivity index (χ1) is 11.3. The molecule has 0 fully saturated rings. The maximum Gasteiger partial charge on any atom is 0.326 e. The van der Waals surface area contributed by atoms with Gasteiger partial charge in [-0.25, -0.2) is 14.8 Å². The summed E-state index contributed by atoms with van der Waals surface area (Å²) < 4.78 is 1.48. The zero-order chi connectivity index (χ0) is 17.4. The molecule has 0 aromatic carbocycles. The summed E-state index contributed by atoms with van der Waals surface area (Å²) in [7, 11) is 0. The van der Waals surface area contributed by atoms with Crippen LogP contribution in [0.15, 0.2) is 21.7 Å². The SMILES string of the molecule is Cc1cc2[nH]c(=O)[nH]c(=O)c2s1.Cc1cc2nc(Cl)nc(Cl)c2s1. The second-order valence-corrected chi connectivity index (χ2v) is 8.07. The molecule has 10 heteroatoms. The van der Waals surface area contributed by atoms with Crippen LogP contribution in [0.2, 0.25) is 10.4 Å². The van der Waals surface area contributed by atoms with Gasteiger partial charge in [0, 0.05) is 9.75 Å². The summed E-state index contributed by atoms with van der Waals surface area (Å²) in [6.07, 6.45) is 0. The highest BCUT2D eigenvalue weighted by molar-refractivity contribution is 7.19. The zero-order valence-electron chi connectivity index (χ0n) is 12.4. The molecular weight excluding hydrogens is 391 g/mol. The number of nitrogens with one attached hydrogen (secondary N) is 2. The van der Waals surface area contributed by atoms with Gasteiger partial charge in [-0.05, 0) is 37.6 Å². The van der Waals surface area contributed by atoms with Gasteiger partial charge in [-0.15, -0.1) is 22.7 Å². The van der Waals surface area contributed by atoms with E-state index >= 15 is 0 Å². The topological polar surface area (TPSA) is 91.5 Å². The highest BCUT2D eigenvalue weighted by atomic mass is 35.5. The molecule has 6 nitrogen and oxygen atoms in total. The third kappa shape index (κ3) is 3.51. The van der Waals surface area contributed by atoms with Crippen LogP contribution in [0, 0.1) is 13.8 Å². The number of halogens is 2. The molecule has 0 saturated carbocycles. The quantitative estimate of drug-likeness (QED) is 0.345. The average Bonchev–Trinajstić information content (AvgIpc) is 3.01. The molecule has 4 heterocycles. The molecule has 0 unspecified atom stereocenters. The van der Waals surface area contributed by atoms with E-state index in [1.807, 2.05) is 19.9 Å². The summed E-state index contributed by atoms with van der Waals surface area (Å²) in [5, 5.41) is 0.633. The van der Waals surface area contributed by atoms with Gasteiger partial charge in [0.2, 0.25) is 5.28 Å². The number of nitrogens with zero attached hydrogens (tertiary/aromatic N) is 2. The maximum atomic E-state index is 11.1. The van der Waals surface area contributed by atoms with Crippen molar-refractivity contribution in [1.29, 1.82) is 0 Å². The van der Waals surface area contributed by atoms with E-state index in [1.54, 1.807) is 17.4 Å². The molecule has 0 saturated heterocycles. The van der Waals surface area contributed by atoms with E-state index in [4.69, 9.17) is 23.2 Å². The van der Waals surface area contributed by atoms with Crippen LogP contribution >= 0.6 is 45.9 Å². The largest absolute Gasteiger partial charge is 0.326 e. The Morgan fingerprint density at radius 3 is 2.38 bits per heavy atom. The van der Waals surface area contributed by atoms with E-state index < -0.39 is 5.69 Å². The Morgan fingerprint density at radius 1 is 0.958 bits per heavy atom. The van der Waals surface area contributed by atoms with Crippen molar-refractivity contribution < 1.29 is 0 Å². The standard InChI is InChI=1S/C7H4Cl2N2S.C7H6N2O2S/c1-3-2-4-5(12-3)6(8)11-7(9)10-4;1-3-2-4-5(12-3)6(10)9-7(11)8-4/h2H,1H3;2H,1H3,(H2,8,9,10,11). The van der Waals surface area contributed by atoms with Crippen LogP contribution in [-0.2, 0) is 0 Å². The van der Waals surface area contributed by atoms with Crippen LogP contribution in [0.1, 0.15) is 9.75 Å². The molecule has 4 aromatic heterocycles. The average molecular weight is 401 g/mol. The second-order valence-electron chi connectivity index (χ2n) is 4.86. The van der Waals surface area contributed by atoms with Crippen molar-refractivity contribution in [3.8, 4) is 0 Å². The Morgan fingerprint density at radius 2 is 1.62 bits per heavy atom. The summed E-state index contributed by atoms with van der Waals surface area (Å²) in [4.78, 5) is 36.7. The predicted molar refractivity (Wildman–Crippen MR) is 100.0 cm³/mol. The van der Waals surface area contributed by atoms with Gasteiger partial charge in [-0.2, -0.15) is 0 Å². The van der Waals surface area contributed by atoms with E-state index in [2.05, 4.69) is 19.9 Å². The molecule has 0 amide bonds. The Kier molecular flexibility index (Phi) is 4.73. The lowest BCUT2D eigenvalue weighted by molar-refractivity contribution is 1.09. The fourth-order valence-corrected chi connectivity index (χ4v) is 4.28. The van der Waals surface area contributed by atoms with Crippen molar-refractivity contribution in [3.63, 3.8) is 0 Å². The number of hydrogen-bond acceptors (Lipinski definition) is 6. The molecule has 124 valence electrons. The molecule has 4 rings (SSSR count). The third-order valence-corrected chi connectivity index (χ3v) is 5.61. The first-order valence-corrected chi connectivity index (χ1v) is 9.04. The number of aromatic nitrogens is 4. The fraction of sp³-hybridized carbons (Fsp3) is 0.143. The van der Waals surface area contributed by atoms with E-state index in [0.29, 0.717) is 15.4 Å². The van der Waals surface area contributed by atoms with Gasteiger partial charge in [0.25, 0.3) is 5.56 Å². The lowest BCUT2D eigenvalue weighted by Crippen LogP contribution is -2.20. The van der Waals surface area contributed by atoms with Crippen molar-refractivity contribution in [2.45, 2.75) is 13.8 Å². The van der Waals surface area contributed by atoms with Crippen molar-refractivity contribution >= 4 is 66.3 Å². The summed E-state index contributed by atoms with van der Waals surface area (Å²) >= 11 is 14.4. The van der Waals surface area contributed by atoms with Crippen molar-refractivity contribution in [1.82, 2.24) is 19.9 Å². The Bertz CT molecular complexity index is 1160. The van der Waals surface area contributed by atoms with Gasteiger partial charge in [0.1, 0.15) is 4.70 Å². The van der Waals surface area contributed by atoms with E-state index in [0.717, 1.165) is 20.0 Å². The number of aromatic amines is 2. The molecule has 2 N–H and O–H groups in total. The van der Waals surface area contributed by atoms with Crippen molar-refractivity contribution in [3.05, 3.63) is 53.2 Å². The molecule has 0 radical (unpaired) electrons. The molecule has 0 aliphatic heterocycles. The van der Waals surface area contributed by atoms with Crippen LogP contribution in [0.5, 0.6) is 0 Å². The van der Waals surface area contributed by atoms with Crippen LogP contribution in [0.4, 0.5) is 0 Å². The first-order valence-electron chi connectivity index (χ1n) is 6.65. The minimum absolute atomic E-state index is 0.199. The number of hydrogen-bond donors (Lipinski definition) is 2. The zero-order valence-corrected chi connectivity index (χ0v) is 15.6. The van der Waals surface area contributed by atoms with Crippen LogP contribution in [-0.4, -0.2) is 19.9 Å². The molecule has 24 heavy (non-hydrogen) atoms. The summed E-state index contributed by atoms with van der Waals surface area (Å²) in [5.74, 6) is 0. The van der Waals surface area contributed by atoms with Gasteiger partial charge in [-0.1, -0.05) is 11.6 Å². The van der Waals surface area contributed by atoms with E-state index in [-0.39, 0.29) is 10.8 Å². The third-order valence-electron chi connectivity index (χ3n) is 2.96. The van der Waals surface area contributed by atoms with E-state index in [1.165, 1.54) is 11.3 Å². The molecule has 0 aliphatic rings. The van der Waals surface area contributed by atoms with Gasteiger partial charge in [0.15, 0.2) is 5.15 Å². The minimum atomic E-state index is -0.453. The molecule has 0 bridgehead atoms. The smallest absolute Gasteiger partial charge is 0.306 e. The number of fused-ring (bicyclic) bond motifs is 2. The number of rotatable bonds is 0. The monoisotopic (exact) mass is 400 g/mol. The second kappa shape index (κ2) is 6.64. The highest BCUT2D eigenvalue weighted by Crippen LogP contribution is 2.29. The number of thiophene rings is 2. The van der Waals surface area contributed by atoms with E-state index in [9.17, 15) is 9.59 Å². The first kappa shape index (κ1) is 17.1. The van der Waals surface area contributed by atoms with Crippen LogP contribution < -0.4 is 11.2 Å². The van der Waals surface area contributed by atoms with Crippen molar-refractivity contribution in [2.24, 2.45) is 0 Å². The predicted octanol–water partition coefficient (Wildman–Crippen LogP) is 3.89.